The van der Waals surface area contributed by atoms with E-state index in [2.05, 4.69) is 133 Å². The van der Waals surface area contributed by atoms with Crippen LogP contribution in [-0.2, 0) is 0 Å². The Kier molecular flexibility index (Phi) is 9.65. The van der Waals surface area contributed by atoms with E-state index in [0.717, 1.165) is 102 Å². The summed E-state index contributed by atoms with van der Waals surface area (Å²) in [5, 5.41) is 26.4. The van der Waals surface area contributed by atoms with Gasteiger partial charge in [0.25, 0.3) is 0 Å². The normalized spacial score (nSPS) is 11.7. The Hall–Kier alpha value is -5.84. The van der Waals surface area contributed by atoms with E-state index in [1.807, 2.05) is 41.5 Å². The SMILES string of the molecule is Cc1c(C)c(-n2c(C)nnc2C)c(C)c(C)c1-c1cc(-c2c(C)c(C)c(-n3c(C)nnc3C)c(C)c2C)nc(-c2c(C)c(C)c(-n3c(C)nnc3C)c(C)c2C)n1. The highest BCUT2D eigenvalue weighted by atomic mass is 15.3. The molecule has 0 fully saturated rings. The van der Waals surface area contributed by atoms with Gasteiger partial charge in [0.2, 0.25) is 0 Å². The third kappa shape index (κ3) is 5.84. The quantitative estimate of drug-likeness (QED) is 0.164. The van der Waals surface area contributed by atoms with E-state index in [1.165, 1.54) is 44.5 Å². The first-order chi connectivity index (χ1) is 26.8. The van der Waals surface area contributed by atoms with E-state index in [-0.39, 0.29) is 0 Å². The number of rotatable bonds is 6. The molecule has 0 spiro atoms. The fourth-order valence-corrected chi connectivity index (χ4v) is 9.18. The first-order valence-electron chi connectivity index (χ1n) is 19.7. The van der Waals surface area contributed by atoms with E-state index >= 15 is 0 Å². The summed E-state index contributed by atoms with van der Waals surface area (Å²) >= 11 is 0. The van der Waals surface area contributed by atoms with Gasteiger partial charge in [0.1, 0.15) is 34.9 Å². The van der Waals surface area contributed by atoms with Crippen molar-refractivity contribution in [3.8, 4) is 51.0 Å². The molecule has 11 heteroatoms. The molecular weight excluding hydrogens is 707 g/mol. The molecule has 0 radical (unpaired) electrons. The minimum Gasteiger partial charge on any atom is -0.283 e. The first-order valence-corrected chi connectivity index (χ1v) is 19.7. The van der Waals surface area contributed by atoms with Gasteiger partial charge in [-0.05, 0) is 197 Å². The molecule has 11 nitrogen and oxygen atoms in total. The molecule has 294 valence electrons. The predicted octanol–water partition coefficient (Wildman–Crippen LogP) is 9.77. The minimum atomic E-state index is 0.708. The third-order valence-electron chi connectivity index (χ3n) is 12.8. The minimum absolute atomic E-state index is 0.708. The molecule has 0 aliphatic rings. The van der Waals surface area contributed by atoms with Crippen molar-refractivity contribution in [3.63, 3.8) is 0 Å². The van der Waals surface area contributed by atoms with Gasteiger partial charge in [-0.2, -0.15) is 0 Å². The molecule has 0 unspecified atom stereocenters. The van der Waals surface area contributed by atoms with E-state index in [0.29, 0.717) is 5.82 Å². The van der Waals surface area contributed by atoms with Crippen LogP contribution in [-0.4, -0.2) is 54.3 Å². The maximum Gasteiger partial charge on any atom is 0.160 e. The third-order valence-corrected chi connectivity index (χ3v) is 12.8. The number of hydrogen-bond donors (Lipinski definition) is 0. The Labute approximate surface area is 336 Å². The summed E-state index contributed by atoms with van der Waals surface area (Å²) in [6.07, 6.45) is 0. The predicted molar refractivity (Wildman–Crippen MR) is 228 cm³/mol. The standard InChI is InChI=1S/C46H55N11/c1-20-26(7)43(55-32(13)49-50-33(55)14)27(8)21(2)40(20)38-19-39(41-22(3)28(9)44(29(10)23(41)4)56-34(15)51-52-35(56)16)48-46(47-38)42-24(5)30(11)45(31(12)25(42)6)57-36(17)53-54-37(57)18/h19H,1-18H3. The molecule has 7 rings (SSSR count). The summed E-state index contributed by atoms with van der Waals surface area (Å²) in [6.45, 7) is 38.5. The van der Waals surface area contributed by atoms with Crippen molar-refractivity contribution < 1.29 is 0 Å². The molecule has 0 bridgehead atoms. The Morgan fingerprint density at radius 3 is 0.719 bits per heavy atom. The average molecular weight is 762 g/mol. The van der Waals surface area contributed by atoms with Crippen LogP contribution in [0.1, 0.15) is 102 Å². The average Bonchev–Trinajstić information content (AvgIpc) is 3.80. The van der Waals surface area contributed by atoms with Crippen LogP contribution in [0.15, 0.2) is 6.07 Å². The van der Waals surface area contributed by atoms with Gasteiger partial charge in [0.15, 0.2) is 5.82 Å². The maximum absolute atomic E-state index is 5.55. The smallest absolute Gasteiger partial charge is 0.160 e. The highest BCUT2D eigenvalue weighted by Gasteiger charge is 2.27. The zero-order valence-electron chi connectivity index (χ0n) is 37.0. The van der Waals surface area contributed by atoms with E-state index in [1.54, 1.807) is 0 Å². The Morgan fingerprint density at radius 1 is 0.281 bits per heavy atom. The topological polar surface area (TPSA) is 118 Å². The second kappa shape index (κ2) is 14.0. The van der Waals surface area contributed by atoms with Crippen LogP contribution in [0.3, 0.4) is 0 Å². The summed E-state index contributed by atoms with van der Waals surface area (Å²) in [5.41, 5.74) is 22.4. The Morgan fingerprint density at radius 2 is 0.491 bits per heavy atom. The molecule has 0 aliphatic heterocycles. The van der Waals surface area contributed by atoms with Crippen molar-refractivity contribution in [3.05, 3.63) is 108 Å². The molecule has 3 aromatic carbocycles. The number of nitrogens with zero attached hydrogens (tertiary/aromatic N) is 11. The molecule has 4 heterocycles. The van der Waals surface area contributed by atoms with Crippen LogP contribution in [0, 0.1) is 125 Å². The van der Waals surface area contributed by atoms with Crippen LogP contribution < -0.4 is 0 Å². The van der Waals surface area contributed by atoms with Gasteiger partial charge < -0.3 is 0 Å². The Balaban J connectivity index is 1.58. The van der Waals surface area contributed by atoms with Gasteiger partial charge >= 0.3 is 0 Å². The number of aromatic nitrogens is 11. The highest BCUT2D eigenvalue weighted by molar-refractivity contribution is 5.83. The lowest BCUT2D eigenvalue weighted by molar-refractivity contribution is 0.911. The van der Waals surface area contributed by atoms with Gasteiger partial charge in [-0.1, -0.05) is 0 Å². The molecule has 57 heavy (non-hydrogen) atoms. The summed E-state index contributed by atoms with van der Waals surface area (Å²) in [4.78, 5) is 11.1. The summed E-state index contributed by atoms with van der Waals surface area (Å²) < 4.78 is 6.50. The Bertz CT molecular complexity index is 2360. The van der Waals surface area contributed by atoms with E-state index in [9.17, 15) is 0 Å². The van der Waals surface area contributed by atoms with E-state index < -0.39 is 0 Å². The van der Waals surface area contributed by atoms with Crippen molar-refractivity contribution in [1.29, 1.82) is 0 Å². The van der Waals surface area contributed by atoms with Crippen molar-refractivity contribution in [2.24, 2.45) is 0 Å². The lowest BCUT2D eigenvalue weighted by atomic mass is 9.87. The van der Waals surface area contributed by atoms with Crippen molar-refractivity contribution in [1.82, 2.24) is 54.3 Å². The summed E-state index contributed by atoms with van der Waals surface area (Å²) in [7, 11) is 0. The lowest BCUT2D eigenvalue weighted by Gasteiger charge is -2.25. The lowest BCUT2D eigenvalue weighted by Crippen LogP contribution is -2.12. The molecule has 0 amide bonds. The molecule has 0 aliphatic carbocycles. The van der Waals surface area contributed by atoms with Crippen molar-refractivity contribution >= 4 is 0 Å². The monoisotopic (exact) mass is 761 g/mol. The zero-order chi connectivity index (χ0) is 41.7. The molecule has 7 aromatic rings. The van der Waals surface area contributed by atoms with Gasteiger partial charge in [-0.3, -0.25) is 13.7 Å². The second-order valence-electron chi connectivity index (χ2n) is 16.0. The largest absolute Gasteiger partial charge is 0.283 e. The van der Waals surface area contributed by atoms with Gasteiger partial charge in [-0.15, -0.1) is 30.6 Å². The van der Waals surface area contributed by atoms with Gasteiger partial charge in [-0.25, -0.2) is 9.97 Å². The molecule has 0 saturated heterocycles. The fraction of sp³-hybridized carbons (Fsp3) is 0.391. The summed E-state index contributed by atoms with van der Waals surface area (Å²) in [5.74, 6) is 5.90. The molecule has 0 saturated carbocycles. The molecule has 0 atom stereocenters. The second-order valence-corrected chi connectivity index (χ2v) is 16.0. The number of aryl methyl sites for hydroxylation is 6. The first kappa shape index (κ1) is 39.4. The van der Waals surface area contributed by atoms with Gasteiger partial charge in [0.05, 0.1) is 28.5 Å². The molecular formula is C46H55N11. The van der Waals surface area contributed by atoms with Crippen LogP contribution in [0.2, 0.25) is 0 Å². The highest BCUT2D eigenvalue weighted by Crippen LogP contribution is 2.43. The maximum atomic E-state index is 5.55. The van der Waals surface area contributed by atoms with Crippen molar-refractivity contribution in [2.45, 2.75) is 125 Å². The summed E-state index contributed by atoms with van der Waals surface area (Å²) in [6, 6.07) is 2.21. The molecule has 0 N–H and O–H groups in total. The van der Waals surface area contributed by atoms with Crippen LogP contribution in [0.5, 0.6) is 0 Å². The van der Waals surface area contributed by atoms with Crippen LogP contribution in [0.4, 0.5) is 0 Å². The number of benzene rings is 3. The van der Waals surface area contributed by atoms with Gasteiger partial charge in [0, 0.05) is 16.7 Å². The molecule has 4 aromatic heterocycles. The van der Waals surface area contributed by atoms with E-state index in [4.69, 9.17) is 9.97 Å². The number of hydrogen-bond acceptors (Lipinski definition) is 8. The fourth-order valence-electron chi connectivity index (χ4n) is 9.18. The van der Waals surface area contributed by atoms with Crippen LogP contribution >= 0.6 is 0 Å². The van der Waals surface area contributed by atoms with Crippen molar-refractivity contribution in [2.75, 3.05) is 0 Å². The zero-order valence-corrected chi connectivity index (χ0v) is 37.0. The van der Waals surface area contributed by atoms with Crippen LogP contribution in [0.25, 0.3) is 51.0 Å².